The zero-order valence-electron chi connectivity index (χ0n) is 11.6. The van der Waals surface area contributed by atoms with Crippen molar-refractivity contribution in [1.82, 2.24) is 9.97 Å². The minimum atomic E-state index is 0.305. The van der Waals surface area contributed by atoms with Crippen LogP contribution in [0, 0.1) is 0 Å². The number of hydrogen-bond acceptors (Lipinski definition) is 5. The SMILES string of the molecule is COc1ccc(CN(C)c2ncnc(Cl)c2OC)cc1. The van der Waals surface area contributed by atoms with Gasteiger partial charge in [-0.2, -0.15) is 0 Å². The summed E-state index contributed by atoms with van der Waals surface area (Å²) in [6, 6.07) is 7.86. The van der Waals surface area contributed by atoms with Gasteiger partial charge in [-0.15, -0.1) is 0 Å². The number of anilines is 1. The van der Waals surface area contributed by atoms with E-state index in [-0.39, 0.29) is 0 Å². The molecule has 0 aliphatic carbocycles. The first-order valence-corrected chi connectivity index (χ1v) is 6.42. The number of halogens is 1. The Bertz CT molecular complexity index is 575. The van der Waals surface area contributed by atoms with Crippen molar-refractivity contribution in [2.75, 3.05) is 26.2 Å². The van der Waals surface area contributed by atoms with E-state index in [1.54, 1.807) is 14.2 Å². The van der Waals surface area contributed by atoms with E-state index in [0.29, 0.717) is 23.3 Å². The highest BCUT2D eigenvalue weighted by Crippen LogP contribution is 2.31. The Kier molecular flexibility index (Phi) is 4.63. The third-order valence-corrected chi connectivity index (χ3v) is 3.16. The lowest BCUT2D eigenvalue weighted by Crippen LogP contribution is -2.18. The normalized spacial score (nSPS) is 10.2. The number of aromatic nitrogens is 2. The highest BCUT2D eigenvalue weighted by molar-refractivity contribution is 6.31. The van der Waals surface area contributed by atoms with E-state index in [2.05, 4.69) is 9.97 Å². The highest BCUT2D eigenvalue weighted by atomic mass is 35.5. The molecule has 20 heavy (non-hydrogen) atoms. The monoisotopic (exact) mass is 293 g/mol. The van der Waals surface area contributed by atoms with E-state index in [1.807, 2.05) is 36.2 Å². The summed E-state index contributed by atoms with van der Waals surface area (Å²) in [5, 5.41) is 0.305. The topological polar surface area (TPSA) is 47.5 Å². The van der Waals surface area contributed by atoms with Gasteiger partial charge in [0.05, 0.1) is 14.2 Å². The van der Waals surface area contributed by atoms with Gasteiger partial charge in [-0.05, 0) is 17.7 Å². The van der Waals surface area contributed by atoms with Crippen LogP contribution in [0.25, 0.3) is 0 Å². The van der Waals surface area contributed by atoms with Crippen molar-refractivity contribution in [2.24, 2.45) is 0 Å². The maximum Gasteiger partial charge on any atom is 0.199 e. The van der Waals surface area contributed by atoms with E-state index in [4.69, 9.17) is 21.1 Å². The summed E-state index contributed by atoms with van der Waals surface area (Å²) >= 11 is 6.00. The molecule has 1 aromatic heterocycles. The van der Waals surface area contributed by atoms with Crippen molar-refractivity contribution in [2.45, 2.75) is 6.54 Å². The number of ether oxygens (including phenoxy) is 2. The summed E-state index contributed by atoms with van der Waals surface area (Å²) in [7, 11) is 5.12. The third kappa shape index (κ3) is 3.11. The quantitative estimate of drug-likeness (QED) is 0.793. The maximum absolute atomic E-state index is 6.00. The fraction of sp³-hybridized carbons (Fsp3) is 0.286. The van der Waals surface area contributed by atoms with E-state index in [9.17, 15) is 0 Å². The number of nitrogens with zero attached hydrogens (tertiary/aromatic N) is 3. The molecule has 1 heterocycles. The Balaban J connectivity index is 2.19. The zero-order chi connectivity index (χ0) is 14.5. The van der Waals surface area contributed by atoms with E-state index in [1.165, 1.54) is 6.33 Å². The Labute approximate surface area is 123 Å². The third-order valence-electron chi connectivity index (χ3n) is 2.89. The molecule has 0 spiro atoms. The molecule has 0 saturated carbocycles. The summed E-state index contributed by atoms with van der Waals surface area (Å²) in [4.78, 5) is 10.1. The van der Waals surface area contributed by atoms with Crippen LogP contribution < -0.4 is 14.4 Å². The molecule has 0 unspecified atom stereocenters. The molecule has 0 fully saturated rings. The average Bonchev–Trinajstić information content (AvgIpc) is 2.47. The maximum atomic E-state index is 6.00. The summed E-state index contributed by atoms with van der Waals surface area (Å²) < 4.78 is 10.4. The Morgan fingerprint density at radius 1 is 1.10 bits per heavy atom. The second-order valence-corrected chi connectivity index (χ2v) is 4.58. The van der Waals surface area contributed by atoms with Crippen molar-refractivity contribution in [3.05, 3.63) is 41.3 Å². The molecule has 0 amide bonds. The summed E-state index contributed by atoms with van der Waals surface area (Å²) in [5.41, 5.74) is 1.13. The highest BCUT2D eigenvalue weighted by Gasteiger charge is 2.14. The molecular weight excluding hydrogens is 278 g/mol. The van der Waals surface area contributed by atoms with Crippen LogP contribution in [-0.4, -0.2) is 31.2 Å². The predicted octanol–water partition coefficient (Wildman–Crippen LogP) is 2.78. The Hall–Kier alpha value is -2.01. The molecule has 0 bridgehead atoms. The molecular formula is C14H16ClN3O2. The molecule has 0 N–H and O–H groups in total. The smallest absolute Gasteiger partial charge is 0.199 e. The first kappa shape index (κ1) is 14.4. The number of methoxy groups -OCH3 is 2. The average molecular weight is 294 g/mol. The number of rotatable bonds is 5. The molecule has 0 atom stereocenters. The van der Waals surface area contributed by atoms with Crippen LogP contribution >= 0.6 is 11.6 Å². The molecule has 0 aliphatic rings. The van der Waals surface area contributed by atoms with Gasteiger partial charge in [-0.3, -0.25) is 0 Å². The molecule has 6 heteroatoms. The van der Waals surface area contributed by atoms with Gasteiger partial charge in [-0.1, -0.05) is 23.7 Å². The second-order valence-electron chi connectivity index (χ2n) is 4.23. The van der Waals surface area contributed by atoms with Crippen LogP contribution in [-0.2, 0) is 6.54 Å². The van der Waals surface area contributed by atoms with Gasteiger partial charge in [0.1, 0.15) is 12.1 Å². The summed E-state index contributed by atoms with van der Waals surface area (Å²) in [5.74, 6) is 1.97. The Morgan fingerprint density at radius 3 is 2.40 bits per heavy atom. The predicted molar refractivity (Wildman–Crippen MR) is 78.7 cm³/mol. The number of benzene rings is 1. The molecule has 0 radical (unpaired) electrons. The molecule has 106 valence electrons. The fourth-order valence-electron chi connectivity index (χ4n) is 1.87. The Morgan fingerprint density at radius 2 is 1.80 bits per heavy atom. The van der Waals surface area contributed by atoms with Crippen molar-refractivity contribution < 1.29 is 9.47 Å². The number of hydrogen-bond donors (Lipinski definition) is 0. The standard InChI is InChI=1S/C14H16ClN3O2/c1-18(8-10-4-6-11(19-2)7-5-10)14-12(20-3)13(15)16-9-17-14/h4-7,9H,8H2,1-3H3. The van der Waals surface area contributed by atoms with Gasteiger partial charge in [0.25, 0.3) is 0 Å². The first-order chi connectivity index (χ1) is 9.65. The van der Waals surface area contributed by atoms with Crippen LogP contribution in [0.4, 0.5) is 5.82 Å². The van der Waals surface area contributed by atoms with Crippen molar-refractivity contribution in [3.63, 3.8) is 0 Å². The fourth-order valence-corrected chi connectivity index (χ4v) is 2.08. The summed E-state index contributed by atoms with van der Waals surface area (Å²) in [6.45, 7) is 0.674. The van der Waals surface area contributed by atoms with Crippen LogP contribution in [0.15, 0.2) is 30.6 Å². The molecule has 1 aromatic carbocycles. The zero-order valence-corrected chi connectivity index (χ0v) is 12.4. The van der Waals surface area contributed by atoms with E-state index in [0.717, 1.165) is 11.3 Å². The second kappa shape index (κ2) is 6.43. The molecule has 0 aliphatic heterocycles. The van der Waals surface area contributed by atoms with E-state index < -0.39 is 0 Å². The molecule has 5 nitrogen and oxygen atoms in total. The van der Waals surface area contributed by atoms with E-state index >= 15 is 0 Å². The largest absolute Gasteiger partial charge is 0.497 e. The van der Waals surface area contributed by atoms with Gasteiger partial charge >= 0.3 is 0 Å². The van der Waals surface area contributed by atoms with Crippen LogP contribution in [0.2, 0.25) is 5.15 Å². The van der Waals surface area contributed by atoms with Crippen LogP contribution in [0.1, 0.15) is 5.56 Å². The minimum absolute atomic E-state index is 0.305. The lowest BCUT2D eigenvalue weighted by atomic mass is 10.2. The van der Waals surface area contributed by atoms with Crippen LogP contribution in [0.3, 0.4) is 0 Å². The van der Waals surface area contributed by atoms with Gasteiger partial charge < -0.3 is 14.4 Å². The van der Waals surface area contributed by atoms with Gasteiger partial charge in [0, 0.05) is 13.6 Å². The lowest BCUT2D eigenvalue weighted by Gasteiger charge is -2.20. The molecule has 2 aromatic rings. The molecule has 2 rings (SSSR count). The first-order valence-electron chi connectivity index (χ1n) is 6.04. The van der Waals surface area contributed by atoms with Gasteiger partial charge in [-0.25, -0.2) is 9.97 Å². The molecule has 0 saturated heterocycles. The minimum Gasteiger partial charge on any atom is -0.497 e. The van der Waals surface area contributed by atoms with Crippen molar-refractivity contribution in [3.8, 4) is 11.5 Å². The van der Waals surface area contributed by atoms with Gasteiger partial charge in [0.2, 0.25) is 0 Å². The lowest BCUT2D eigenvalue weighted by molar-refractivity contribution is 0.411. The van der Waals surface area contributed by atoms with Crippen molar-refractivity contribution in [1.29, 1.82) is 0 Å². The van der Waals surface area contributed by atoms with Crippen LogP contribution in [0.5, 0.6) is 11.5 Å². The van der Waals surface area contributed by atoms with Gasteiger partial charge in [0.15, 0.2) is 16.7 Å². The van der Waals surface area contributed by atoms with Crippen molar-refractivity contribution >= 4 is 17.4 Å². The summed E-state index contributed by atoms with van der Waals surface area (Å²) in [6.07, 6.45) is 1.42.